The molecule has 0 aromatic carbocycles. The monoisotopic (exact) mass is 249 g/mol. The number of hydrogen-bond donors (Lipinski definition) is 1. The van der Waals surface area contributed by atoms with Crippen LogP contribution < -0.4 is 4.90 Å². The summed E-state index contributed by atoms with van der Waals surface area (Å²) in [5, 5.41) is 9.67. The lowest BCUT2D eigenvalue weighted by Crippen LogP contribution is -2.48. The quantitative estimate of drug-likeness (QED) is 0.872. The summed E-state index contributed by atoms with van der Waals surface area (Å²) in [7, 11) is 0. The number of anilines is 1. The number of piperazine rings is 1. The molecule has 0 amide bonds. The van der Waals surface area contributed by atoms with E-state index in [0.717, 1.165) is 44.8 Å². The van der Waals surface area contributed by atoms with Crippen LogP contribution in [0.2, 0.25) is 0 Å². The molecule has 1 fully saturated rings. The van der Waals surface area contributed by atoms with E-state index >= 15 is 0 Å². The normalized spacial score (nSPS) is 18.9. The first-order valence-electron chi connectivity index (χ1n) is 6.77. The van der Waals surface area contributed by atoms with E-state index in [1.165, 1.54) is 5.69 Å². The molecule has 0 bridgehead atoms. The maximum atomic E-state index is 9.67. The maximum Gasteiger partial charge on any atom is 0.0664 e. The molecule has 18 heavy (non-hydrogen) atoms. The first-order valence-corrected chi connectivity index (χ1v) is 6.77. The van der Waals surface area contributed by atoms with Crippen LogP contribution in [0.1, 0.15) is 19.0 Å². The molecule has 0 saturated carbocycles. The van der Waals surface area contributed by atoms with Crippen LogP contribution in [0.5, 0.6) is 0 Å². The van der Waals surface area contributed by atoms with Gasteiger partial charge in [0.05, 0.1) is 6.10 Å². The first kappa shape index (κ1) is 13.3. The second-order valence-corrected chi connectivity index (χ2v) is 5.01. The summed E-state index contributed by atoms with van der Waals surface area (Å²) in [5.74, 6) is 0. The number of aliphatic hydroxyl groups is 1. The van der Waals surface area contributed by atoms with E-state index in [0.29, 0.717) is 0 Å². The summed E-state index contributed by atoms with van der Waals surface area (Å²) in [6, 6.07) is 4.21. The molecule has 100 valence electrons. The molecule has 1 atom stereocenters. The van der Waals surface area contributed by atoms with E-state index in [1.807, 2.05) is 20.0 Å². The van der Waals surface area contributed by atoms with E-state index in [-0.39, 0.29) is 6.10 Å². The number of hydrogen-bond acceptors (Lipinski definition) is 4. The molecule has 2 heterocycles. The third-order valence-electron chi connectivity index (χ3n) is 3.56. The molecule has 0 spiro atoms. The Kier molecular flexibility index (Phi) is 4.55. The summed E-state index contributed by atoms with van der Waals surface area (Å²) in [6.45, 7) is 8.97. The molecular formula is C14H23N3O. The molecule has 1 N–H and O–H groups in total. The number of pyridine rings is 1. The third-order valence-corrected chi connectivity index (χ3v) is 3.56. The molecule has 2 rings (SSSR count). The fourth-order valence-corrected chi connectivity index (χ4v) is 2.34. The van der Waals surface area contributed by atoms with E-state index in [9.17, 15) is 5.11 Å². The van der Waals surface area contributed by atoms with E-state index in [2.05, 4.69) is 26.9 Å². The minimum absolute atomic E-state index is 0.181. The SMILES string of the molecule is CCC(O)CN1CCN(c2ccnc(C)c2)CC1. The molecule has 1 aromatic rings. The molecule has 4 heteroatoms. The number of aliphatic hydroxyl groups excluding tert-OH is 1. The molecule has 4 nitrogen and oxygen atoms in total. The van der Waals surface area contributed by atoms with Crippen LogP contribution in [-0.4, -0.2) is 53.8 Å². The van der Waals surface area contributed by atoms with Crippen molar-refractivity contribution in [1.29, 1.82) is 0 Å². The van der Waals surface area contributed by atoms with Crippen LogP contribution in [0, 0.1) is 6.92 Å². The van der Waals surface area contributed by atoms with Crippen molar-refractivity contribution >= 4 is 5.69 Å². The van der Waals surface area contributed by atoms with Crippen molar-refractivity contribution < 1.29 is 5.11 Å². The number of rotatable bonds is 4. The Hall–Kier alpha value is -1.13. The van der Waals surface area contributed by atoms with Gasteiger partial charge in [-0.25, -0.2) is 0 Å². The first-order chi connectivity index (χ1) is 8.69. The molecule has 1 unspecified atom stereocenters. The minimum Gasteiger partial charge on any atom is -0.392 e. The van der Waals surface area contributed by atoms with Gasteiger partial charge >= 0.3 is 0 Å². The molecule has 1 aromatic heterocycles. The number of aryl methyl sites for hydroxylation is 1. The standard InChI is InChI=1S/C14H23N3O/c1-3-14(18)11-16-6-8-17(9-7-16)13-4-5-15-12(2)10-13/h4-5,10,14,18H,3,6-9,11H2,1-2H3. The highest BCUT2D eigenvalue weighted by atomic mass is 16.3. The van der Waals surface area contributed by atoms with Gasteiger partial charge in [-0.15, -0.1) is 0 Å². The zero-order valence-electron chi connectivity index (χ0n) is 11.3. The van der Waals surface area contributed by atoms with Crippen LogP contribution >= 0.6 is 0 Å². The van der Waals surface area contributed by atoms with Crippen molar-refractivity contribution in [3.8, 4) is 0 Å². The fourth-order valence-electron chi connectivity index (χ4n) is 2.34. The second-order valence-electron chi connectivity index (χ2n) is 5.01. The molecule has 1 saturated heterocycles. The van der Waals surface area contributed by atoms with Gasteiger partial charge in [0.15, 0.2) is 0 Å². The zero-order chi connectivity index (χ0) is 13.0. The van der Waals surface area contributed by atoms with E-state index in [1.54, 1.807) is 0 Å². The Morgan fingerprint density at radius 1 is 1.33 bits per heavy atom. The van der Waals surface area contributed by atoms with Gasteiger partial charge in [0.25, 0.3) is 0 Å². The van der Waals surface area contributed by atoms with Crippen LogP contribution in [-0.2, 0) is 0 Å². The van der Waals surface area contributed by atoms with Crippen LogP contribution in [0.3, 0.4) is 0 Å². The lowest BCUT2D eigenvalue weighted by molar-refractivity contribution is 0.106. The second kappa shape index (κ2) is 6.16. The average molecular weight is 249 g/mol. The van der Waals surface area contributed by atoms with Gasteiger partial charge in [-0.2, -0.15) is 0 Å². The minimum atomic E-state index is -0.181. The van der Waals surface area contributed by atoms with Crippen LogP contribution in [0.25, 0.3) is 0 Å². The highest BCUT2D eigenvalue weighted by molar-refractivity contribution is 5.46. The Morgan fingerprint density at radius 2 is 2.06 bits per heavy atom. The molecular weight excluding hydrogens is 226 g/mol. The summed E-state index contributed by atoms with van der Waals surface area (Å²) in [4.78, 5) is 8.97. The van der Waals surface area contributed by atoms with Gasteiger partial charge in [-0.05, 0) is 25.5 Å². The molecule has 0 aliphatic carbocycles. The number of nitrogens with zero attached hydrogens (tertiary/aromatic N) is 3. The predicted molar refractivity (Wildman–Crippen MR) is 73.9 cm³/mol. The van der Waals surface area contributed by atoms with E-state index < -0.39 is 0 Å². The Labute approximate surface area is 109 Å². The lowest BCUT2D eigenvalue weighted by Gasteiger charge is -2.36. The van der Waals surface area contributed by atoms with E-state index in [4.69, 9.17) is 0 Å². The average Bonchev–Trinajstić information content (AvgIpc) is 2.39. The number of β-amino-alcohol motifs (C(OH)–C–C–N with tert-alkyl or cyclic N) is 1. The summed E-state index contributed by atoms with van der Waals surface area (Å²) in [6.07, 6.45) is 2.53. The predicted octanol–water partition coefficient (Wildman–Crippen LogP) is 1.28. The van der Waals surface area contributed by atoms with Gasteiger partial charge in [0.2, 0.25) is 0 Å². The third kappa shape index (κ3) is 3.43. The summed E-state index contributed by atoms with van der Waals surface area (Å²) >= 11 is 0. The smallest absolute Gasteiger partial charge is 0.0664 e. The van der Waals surface area contributed by atoms with Crippen molar-refractivity contribution in [2.75, 3.05) is 37.6 Å². The lowest BCUT2D eigenvalue weighted by atomic mass is 10.2. The molecule has 0 radical (unpaired) electrons. The van der Waals surface area contributed by atoms with Gasteiger partial charge < -0.3 is 10.0 Å². The van der Waals surface area contributed by atoms with Gasteiger partial charge in [-0.1, -0.05) is 6.92 Å². The van der Waals surface area contributed by atoms with Crippen molar-refractivity contribution in [3.63, 3.8) is 0 Å². The van der Waals surface area contributed by atoms with Gasteiger partial charge in [0.1, 0.15) is 0 Å². The van der Waals surface area contributed by atoms with Crippen molar-refractivity contribution in [3.05, 3.63) is 24.0 Å². The Bertz CT molecular complexity index is 375. The Balaban J connectivity index is 1.87. The molecule has 1 aliphatic heterocycles. The largest absolute Gasteiger partial charge is 0.392 e. The maximum absolute atomic E-state index is 9.67. The highest BCUT2D eigenvalue weighted by Crippen LogP contribution is 2.16. The highest BCUT2D eigenvalue weighted by Gasteiger charge is 2.18. The Morgan fingerprint density at radius 3 is 2.67 bits per heavy atom. The van der Waals surface area contributed by atoms with Crippen LogP contribution in [0.4, 0.5) is 5.69 Å². The van der Waals surface area contributed by atoms with Gasteiger partial charge in [0, 0.05) is 50.3 Å². The topological polar surface area (TPSA) is 39.6 Å². The van der Waals surface area contributed by atoms with Crippen molar-refractivity contribution in [1.82, 2.24) is 9.88 Å². The van der Waals surface area contributed by atoms with Crippen molar-refractivity contribution in [2.45, 2.75) is 26.4 Å². The van der Waals surface area contributed by atoms with Gasteiger partial charge in [-0.3, -0.25) is 9.88 Å². The molecule has 1 aliphatic rings. The zero-order valence-corrected chi connectivity index (χ0v) is 11.3. The van der Waals surface area contributed by atoms with Crippen LogP contribution in [0.15, 0.2) is 18.3 Å². The fraction of sp³-hybridized carbons (Fsp3) is 0.643. The summed E-state index contributed by atoms with van der Waals surface area (Å²) in [5.41, 5.74) is 2.33. The number of aromatic nitrogens is 1. The summed E-state index contributed by atoms with van der Waals surface area (Å²) < 4.78 is 0. The van der Waals surface area contributed by atoms with Crippen molar-refractivity contribution in [2.24, 2.45) is 0 Å².